The third-order valence-electron chi connectivity index (χ3n) is 5.35. The highest BCUT2D eigenvalue weighted by molar-refractivity contribution is 7.99. The summed E-state index contributed by atoms with van der Waals surface area (Å²) in [5.74, 6) is 1.22. The maximum absolute atomic E-state index is 12.9. The van der Waals surface area contributed by atoms with E-state index in [1.807, 2.05) is 52.6 Å². The molecule has 5 rings (SSSR count). The Bertz CT molecular complexity index is 1250. The Hall–Kier alpha value is -3.06. The van der Waals surface area contributed by atoms with Crippen molar-refractivity contribution >= 4 is 39.9 Å². The molecule has 29 heavy (non-hydrogen) atoms. The first-order valence-corrected chi connectivity index (χ1v) is 10.5. The lowest BCUT2D eigenvalue weighted by atomic mass is 10.1. The summed E-state index contributed by atoms with van der Waals surface area (Å²) >= 11 is 1.43. The second-order valence-corrected chi connectivity index (χ2v) is 8.05. The molecule has 2 aromatic heterocycles. The molecule has 0 radical (unpaired) electrons. The van der Waals surface area contributed by atoms with Gasteiger partial charge in [-0.3, -0.25) is 9.20 Å². The van der Waals surface area contributed by atoms with Crippen molar-refractivity contribution in [2.24, 2.45) is 0 Å². The Labute approximate surface area is 172 Å². The number of ether oxygens (including phenoxy) is 1. The topological polar surface area (TPSA) is 59.7 Å². The average Bonchev–Trinajstić information content (AvgIpc) is 3.36. The van der Waals surface area contributed by atoms with E-state index < -0.39 is 0 Å². The first kappa shape index (κ1) is 18.0. The van der Waals surface area contributed by atoms with Gasteiger partial charge >= 0.3 is 0 Å². The zero-order valence-electron chi connectivity index (χ0n) is 16.3. The molecule has 4 aromatic rings. The van der Waals surface area contributed by atoms with Crippen LogP contribution in [0.1, 0.15) is 11.1 Å². The highest BCUT2D eigenvalue weighted by atomic mass is 32.2. The number of fused-ring (bicyclic) bond motifs is 4. The van der Waals surface area contributed by atoms with Crippen LogP contribution in [0.4, 0.5) is 5.69 Å². The van der Waals surface area contributed by atoms with E-state index in [1.54, 1.807) is 7.11 Å². The van der Waals surface area contributed by atoms with Gasteiger partial charge in [-0.1, -0.05) is 30.0 Å². The van der Waals surface area contributed by atoms with Gasteiger partial charge in [0.2, 0.25) is 5.91 Å². The van der Waals surface area contributed by atoms with E-state index in [2.05, 4.69) is 22.3 Å². The van der Waals surface area contributed by atoms with Gasteiger partial charge in [-0.15, -0.1) is 10.2 Å². The molecule has 1 amide bonds. The van der Waals surface area contributed by atoms with E-state index in [1.165, 1.54) is 17.3 Å². The van der Waals surface area contributed by atoms with Crippen molar-refractivity contribution in [3.63, 3.8) is 0 Å². The maximum atomic E-state index is 12.9. The highest BCUT2D eigenvalue weighted by Crippen LogP contribution is 2.30. The molecule has 7 heteroatoms. The summed E-state index contributed by atoms with van der Waals surface area (Å²) in [6, 6.07) is 16.1. The van der Waals surface area contributed by atoms with Gasteiger partial charge < -0.3 is 9.64 Å². The number of amides is 1. The van der Waals surface area contributed by atoms with Crippen LogP contribution in [0.25, 0.3) is 16.6 Å². The molecular weight excluding hydrogens is 384 g/mol. The molecular formula is C22H20N4O2S. The number of benzene rings is 2. The van der Waals surface area contributed by atoms with Crippen LogP contribution in [0, 0.1) is 6.92 Å². The number of nitrogens with zero attached hydrogens (tertiary/aromatic N) is 4. The molecule has 1 aliphatic heterocycles. The third-order valence-corrected chi connectivity index (χ3v) is 6.26. The van der Waals surface area contributed by atoms with Gasteiger partial charge in [0.1, 0.15) is 5.75 Å². The van der Waals surface area contributed by atoms with Crippen molar-refractivity contribution in [2.45, 2.75) is 18.5 Å². The summed E-state index contributed by atoms with van der Waals surface area (Å²) in [5.41, 5.74) is 5.10. The highest BCUT2D eigenvalue weighted by Gasteiger charge is 2.24. The van der Waals surface area contributed by atoms with E-state index in [0.717, 1.165) is 51.7 Å². The number of rotatable bonds is 4. The van der Waals surface area contributed by atoms with Crippen LogP contribution in [0.15, 0.2) is 53.7 Å². The fourth-order valence-electron chi connectivity index (χ4n) is 3.91. The van der Waals surface area contributed by atoms with Crippen molar-refractivity contribution in [3.05, 3.63) is 59.7 Å². The number of aryl methyl sites for hydroxylation is 1. The molecule has 0 N–H and O–H groups in total. The number of pyridine rings is 1. The largest absolute Gasteiger partial charge is 0.497 e. The molecule has 0 bridgehead atoms. The monoisotopic (exact) mass is 404 g/mol. The molecule has 0 atom stereocenters. The van der Waals surface area contributed by atoms with Gasteiger partial charge in [-0.2, -0.15) is 0 Å². The first-order chi connectivity index (χ1) is 14.2. The van der Waals surface area contributed by atoms with E-state index in [9.17, 15) is 4.79 Å². The van der Waals surface area contributed by atoms with Crippen LogP contribution in [-0.2, 0) is 11.2 Å². The lowest BCUT2D eigenvalue weighted by Gasteiger charge is -2.16. The number of carbonyl (C=O) groups is 1. The first-order valence-electron chi connectivity index (χ1n) is 9.49. The van der Waals surface area contributed by atoms with Crippen LogP contribution in [0.5, 0.6) is 5.75 Å². The SMILES string of the molecule is COc1ccc2c(c1)cc(C)c1nnc(SCC(=O)N3CCc4ccccc43)n12. The van der Waals surface area contributed by atoms with Gasteiger partial charge in [-0.05, 0) is 54.8 Å². The summed E-state index contributed by atoms with van der Waals surface area (Å²) in [6.45, 7) is 2.75. The third kappa shape index (κ3) is 3.02. The van der Waals surface area contributed by atoms with Gasteiger partial charge in [-0.25, -0.2) is 0 Å². The molecule has 6 nitrogen and oxygen atoms in total. The molecule has 0 saturated carbocycles. The molecule has 1 aliphatic rings. The van der Waals surface area contributed by atoms with Gasteiger partial charge in [0, 0.05) is 17.6 Å². The summed E-state index contributed by atoms with van der Waals surface area (Å²) in [4.78, 5) is 14.8. The van der Waals surface area contributed by atoms with Crippen LogP contribution in [-0.4, -0.2) is 39.9 Å². The minimum absolute atomic E-state index is 0.0929. The van der Waals surface area contributed by atoms with Crippen molar-refractivity contribution < 1.29 is 9.53 Å². The summed E-state index contributed by atoms with van der Waals surface area (Å²) < 4.78 is 7.38. The Morgan fingerprint density at radius 2 is 2.03 bits per heavy atom. The summed E-state index contributed by atoms with van der Waals surface area (Å²) in [7, 11) is 1.66. The Morgan fingerprint density at radius 1 is 1.17 bits per heavy atom. The average molecular weight is 404 g/mol. The van der Waals surface area contributed by atoms with Crippen LogP contribution >= 0.6 is 11.8 Å². The second-order valence-electron chi connectivity index (χ2n) is 7.11. The number of hydrogen-bond donors (Lipinski definition) is 0. The van der Waals surface area contributed by atoms with E-state index in [-0.39, 0.29) is 5.91 Å². The number of anilines is 1. The van der Waals surface area contributed by atoms with Crippen molar-refractivity contribution in [1.82, 2.24) is 14.6 Å². The quantitative estimate of drug-likeness (QED) is 0.483. The minimum atomic E-state index is 0.0929. The van der Waals surface area contributed by atoms with E-state index >= 15 is 0 Å². The Kier molecular flexibility index (Phi) is 4.39. The van der Waals surface area contributed by atoms with Crippen LogP contribution in [0.3, 0.4) is 0 Å². The fourth-order valence-corrected chi connectivity index (χ4v) is 4.73. The Morgan fingerprint density at radius 3 is 2.90 bits per heavy atom. The van der Waals surface area contributed by atoms with Crippen molar-refractivity contribution in [3.8, 4) is 5.75 Å². The zero-order chi connectivity index (χ0) is 20.0. The number of aromatic nitrogens is 3. The number of para-hydroxylation sites is 1. The number of methoxy groups -OCH3 is 1. The smallest absolute Gasteiger partial charge is 0.237 e. The number of hydrogen-bond acceptors (Lipinski definition) is 5. The van der Waals surface area contributed by atoms with Crippen molar-refractivity contribution in [2.75, 3.05) is 24.3 Å². The number of carbonyl (C=O) groups excluding carboxylic acids is 1. The Balaban J connectivity index is 1.46. The summed E-state index contributed by atoms with van der Waals surface area (Å²) in [5, 5.41) is 10.5. The molecule has 0 saturated heterocycles. The van der Waals surface area contributed by atoms with Crippen LogP contribution in [0.2, 0.25) is 0 Å². The minimum Gasteiger partial charge on any atom is -0.497 e. The predicted molar refractivity (Wildman–Crippen MR) is 115 cm³/mol. The maximum Gasteiger partial charge on any atom is 0.237 e. The standard InChI is InChI=1S/C22H20N4O2S/c1-14-11-16-12-17(28-2)7-8-19(16)26-21(14)23-24-22(26)29-13-20(27)25-10-9-15-5-3-4-6-18(15)25/h3-8,11-12H,9-10,13H2,1-2H3. The number of thioether (sulfide) groups is 1. The molecule has 2 aromatic carbocycles. The van der Waals surface area contributed by atoms with Gasteiger partial charge in [0.05, 0.1) is 18.4 Å². The lowest BCUT2D eigenvalue weighted by molar-refractivity contribution is -0.116. The molecule has 0 aliphatic carbocycles. The lowest BCUT2D eigenvalue weighted by Crippen LogP contribution is -2.30. The molecule has 146 valence electrons. The van der Waals surface area contributed by atoms with Gasteiger partial charge in [0.15, 0.2) is 10.8 Å². The molecule has 3 heterocycles. The normalized spacial score (nSPS) is 13.2. The fraction of sp³-hybridized carbons (Fsp3) is 0.227. The molecule has 0 spiro atoms. The molecule has 0 fully saturated rings. The predicted octanol–water partition coefficient (Wildman–Crippen LogP) is 3.88. The van der Waals surface area contributed by atoms with E-state index in [0.29, 0.717) is 5.75 Å². The molecule has 0 unspecified atom stereocenters. The zero-order valence-corrected chi connectivity index (χ0v) is 17.1. The summed E-state index contributed by atoms with van der Waals surface area (Å²) in [6.07, 6.45) is 0.909. The van der Waals surface area contributed by atoms with Crippen LogP contribution < -0.4 is 9.64 Å². The van der Waals surface area contributed by atoms with Gasteiger partial charge in [0.25, 0.3) is 0 Å². The van der Waals surface area contributed by atoms with Crippen molar-refractivity contribution in [1.29, 1.82) is 0 Å². The van der Waals surface area contributed by atoms with E-state index in [4.69, 9.17) is 4.74 Å². The second kappa shape index (κ2) is 7.08.